The fourth-order valence-electron chi connectivity index (χ4n) is 2.45. The zero-order valence-electron chi connectivity index (χ0n) is 16.6. The molecule has 1 heterocycles. The number of pyridine rings is 1. The molecule has 0 unspecified atom stereocenters. The van der Waals surface area contributed by atoms with Crippen molar-refractivity contribution in [1.29, 1.82) is 0 Å². The molecule has 0 saturated carbocycles. The number of hydrogen-bond acceptors (Lipinski definition) is 6. The van der Waals surface area contributed by atoms with Crippen molar-refractivity contribution >= 4 is 51.1 Å². The largest absolute Gasteiger partial charge is 0.452 e. The van der Waals surface area contributed by atoms with E-state index in [9.17, 15) is 18.0 Å². The molecule has 0 aliphatic heterocycles. The van der Waals surface area contributed by atoms with Crippen LogP contribution in [-0.2, 0) is 19.6 Å². The van der Waals surface area contributed by atoms with Crippen molar-refractivity contribution < 1.29 is 22.7 Å². The third-order valence-electron chi connectivity index (χ3n) is 3.95. The fourth-order valence-corrected chi connectivity index (χ4v) is 3.43. The number of hydrogen-bond donors (Lipinski definition) is 2. The lowest BCUT2D eigenvalue weighted by molar-refractivity contribution is -0.119. The normalized spacial score (nSPS) is 11.2. The zero-order chi connectivity index (χ0) is 23.0. The Hall–Kier alpha value is -3.69. The minimum Gasteiger partial charge on any atom is -0.452 e. The number of amides is 1. The Morgan fingerprint density at radius 3 is 2.38 bits per heavy atom. The van der Waals surface area contributed by atoms with Crippen LogP contribution in [0.1, 0.15) is 15.9 Å². The number of ether oxygens (including phenoxy) is 1. The molecule has 0 saturated heterocycles. The number of aromatic nitrogens is 1. The fraction of sp³-hybridized carbons (Fsp3) is 0.0455. The van der Waals surface area contributed by atoms with Gasteiger partial charge in [-0.1, -0.05) is 41.9 Å². The van der Waals surface area contributed by atoms with E-state index in [1.165, 1.54) is 42.6 Å². The molecule has 0 fully saturated rings. The average molecular weight is 472 g/mol. The van der Waals surface area contributed by atoms with Crippen LogP contribution in [0.4, 0.5) is 11.5 Å². The van der Waals surface area contributed by atoms with Crippen LogP contribution >= 0.6 is 11.6 Å². The van der Waals surface area contributed by atoms with Crippen molar-refractivity contribution in [1.82, 2.24) is 4.98 Å². The minimum absolute atomic E-state index is 0.158. The molecule has 2 N–H and O–H groups in total. The summed E-state index contributed by atoms with van der Waals surface area (Å²) in [6, 6.07) is 17.7. The van der Waals surface area contributed by atoms with E-state index in [2.05, 4.69) is 15.0 Å². The molecular formula is C22H18ClN3O5S. The zero-order valence-corrected chi connectivity index (χ0v) is 18.1. The summed E-state index contributed by atoms with van der Waals surface area (Å²) in [6.45, 7) is -0.512. The first-order valence-corrected chi connectivity index (χ1v) is 11.2. The summed E-state index contributed by atoms with van der Waals surface area (Å²) in [7, 11) is -3.73. The van der Waals surface area contributed by atoms with Crippen molar-refractivity contribution in [3.05, 3.63) is 94.5 Å². The highest BCUT2D eigenvalue weighted by Gasteiger charge is 2.12. The van der Waals surface area contributed by atoms with Crippen LogP contribution in [0.15, 0.2) is 78.3 Å². The lowest BCUT2D eigenvalue weighted by Gasteiger charge is -2.07. The van der Waals surface area contributed by atoms with Gasteiger partial charge in [0, 0.05) is 11.9 Å². The van der Waals surface area contributed by atoms with Gasteiger partial charge in [0.2, 0.25) is 0 Å². The Balaban J connectivity index is 1.51. The van der Waals surface area contributed by atoms with Gasteiger partial charge >= 0.3 is 5.97 Å². The molecule has 1 amide bonds. The summed E-state index contributed by atoms with van der Waals surface area (Å²) in [5.41, 5.74) is 1.17. The van der Waals surface area contributed by atoms with E-state index in [0.29, 0.717) is 5.02 Å². The maximum Gasteiger partial charge on any atom is 0.338 e. The number of carbonyl (C=O) groups is 2. The topological polar surface area (TPSA) is 114 Å². The monoisotopic (exact) mass is 471 g/mol. The van der Waals surface area contributed by atoms with Gasteiger partial charge in [-0.25, -0.2) is 18.2 Å². The molecule has 0 spiro atoms. The van der Waals surface area contributed by atoms with E-state index in [1.54, 1.807) is 30.3 Å². The summed E-state index contributed by atoms with van der Waals surface area (Å²) in [6.07, 6.45) is 2.84. The van der Waals surface area contributed by atoms with Crippen molar-refractivity contribution in [2.45, 2.75) is 0 Å². The SMILES string of the molecule is O=C(COC(=O)c1ccc(NS(=O)(=O)/C=C/c2ccccc2)cc1)Nc1ccc(Cl)cn1. The maximum atomic E-state index is 12.2. The van der Waals surface area contributed by atoms with Crippen LogP contribution in [0.5, 0.6) is 0 Å². The van der Waals surface area contributed by atoms with Gasteiger partial charge in [-0.3, -0.25) is 9.52 Å². The predicted molar refractivity (Wildman–Crippen MR) is 123 cm³/mol. The maximum absolute atomic E-state index is 12.2. The van der Waals surface area contributed by atoms with E-state index in [1.807, 2.05) is 6.07 Å². The Bertz CT molecular complexity index is 1210. The highest BCUT2D eigenvalue weighted by molar-refractivity contribution is 7.95. The van der Waals surface area contributed by atoms with E-state index in [0.717, 1.165) is 11.0 Å². The first-order chi connectivity index (χ1) is 15.3. The Kier molecular flexibility index (Phi) is 7.58. The van der Waals surface area contributed by atoms with Gasteiger partial charge in [0.1, 0.15) is 5.82 Å². The van der Waals surface area contributed by atoms with Crippen LogP contribution in [0, 0.1) is 0 Å². The average Bonchev–Trinajstić information content (AvgIpc) is 2.79. The number of esters is 1. The second kappa shape index (κ2) is 10.6. The molecule has 3 aromatic rings. The number of nitrogens with one attached hydrogen (secondary N) is 2. The van der Waals surface area contributed by atoms with Crippen LogP contribution in [-0.4, -0.2) is 31.9 Å². The summed E-state index contributed by atoms with van der Waals surface area (Å²) in [4.78, 5) is 27.9. The smallest absolute Gasteiger partial charge is 0.338 e. The van der Waals surface area contributed by atoms with E-state index in [4.69, 9.17) is 16.3 Å². The van der Waals surface area contributed by atoms with Gasteiger partial charge in [0.15, 0.2) is 6.61 Å². The number of nitrogens with zero attached hydrogens (tertiary/aromatic N) is 1. The van der Waals surface area contributed by atoms with Gasteiger partial charge in [-0.15, -0.1) is 0 Å². The number of benzene rings is 2. The third kappa shape index (κ3) is 7.22. The standard InChI is InChI=1S/C22H18ClN3O5S/c23-18-8-11-20(24-14-18)25-21(27)15-31-22(28)17-6-9-19(10-7-17)26-32(29,30)13-12-16-4-2-1-3-5-16/h1-14,26H,15H2,(H,24,25,27)/b13-12+. The van der Waals surface area contributed by atoms with E-state index >= 15 is 0 Å². The molecule has 1 aromatic heterocycles. The van der Waals surface area contributed by atoms with Crippen molar-refractivity contribution in [3.8, 4) is 0 Å². The molecule has 0 atom stereocenters. The molecule has 164 valence electrons. The first-order valence-electron chi connectivity index (χ1n) is 9.25. The predicted octanol–water partition coefficient (Wildman–Crippen LogP) is 3.94. The van der Waals surface area contributed by atoms with Gasteiger partial charge in [-0.2, -0.15) is 0 Å². The van der Waals surface area contributed by atoms with Crippen LogP contribution in [0.3, 0.4) is 0 Å². The number of carbonyl (C=O) groups excluding carboxylic acids is 2. The molecule has 0 radical (unpaired) electrons. The number of sulfonamides is 1. The number of rotatable bonds is 8. The van der Waals surface area contributed by atoms with Gasteiger partial charge in [0.25, 0.3) is 15.9 Å². The molecule has 32 heavy (non-hydrogen) atoms. The van der Waals surface area contributed by atoms with Crippen molar-refractivity contribution in [2.75, 3.05) is 16.6 Å². The highest BCUT2D eigenvalue weighted by Crippen LogP contribution is 2.14. The Morgan fingerprint density at radius 2 is 1.72 bits per heavy atom. The van der Waals surface area contributed by atoms with Crippen LogP contribution < -0.4 is 10.0 Å². The van der Waals surface area contributed by atoms with Crippen molar-refractivity contribution in [2.24, 2.45) is 0 Å². The molecule has 8 nitrogen and oxygen atoms in total. The molecule has 0 aliphatic carbocycles. The number of anilines is 2. The van der Waals surface area contributed by atoms with Gasteiger partial charge < -0.3 is 10.1 Å². The van der Waals surface area contributed by atoms with Crippen LogP contribution in [0.2, 0.25) is 5.02 Å². The molecular weight excluding hydrogens is 454 g/mol. The lowest BCUT2D eigenvalue weighted by Crippen LogP contribution is -2.21. The first kappa shape index (κ1) is 23.0. The Labute approximate surface area is 190 Å². The lowest BCUT2D eigenvalue weighted by atomic mass is 10.2. The summed E-state index contributed by atoms with van der Waals surface area (Å²) < 4.78 is 31.7. The van der Waals surface area contributed by atoms with Gasteiger partial charge in [-0.05, 0) is 48.0 Å². The summed E-state index contributed by atoms with van der Waals surface area (Å²) in [5.74, 6) is -1.03. The quantitative estimate of drug-likeness (QED) is 0.481. The molecule has 0 aliphatic rings. The second-order valence-corrected chi connectivity index (χ2v) is 8.43. The molecule has 2 aromatic carbocycles. The van der Waals surface area contributed by atoms with E-state index < -0.39 is 28.5 Å². The second-order valence-electron chi connectivity index (χ2n) is 6.42. The van der Waals surface area contributed by atoms with Crippen LogP contribution in [0.25, 0.3) is 6.08 Å². The molecule has 3 rings (SSSR count). The minimum atomic E-state index is -3.73. The Morgan fingerprint density at radius 1 is 1.00 bits per heavy atom. The number of halogens is 1. The molecule has 0 bridgehead atoms. The summed E-state index contributed by atoms with van der Waals surface area (Å²) >= 11 is 5.72. The molecule has 10 heteroatoms. The van der Waals surface area contributed by atoms with E-state index in [-0.39, 0.29) is 17.1 Å². The van der Waals surface area contributed by atoms with Gasteiger partial charge in [0.05, 0.1) is 16.0 Å². The highest BCUT2D eigenvalue weighted by atomic mass is 35.5. The summed E-state index contributed by atoms with van der Waals surface area (Å²) in [5, 5.41) is 3.94. The third-order valence-corrected chi connectivity index (χ3v) is 5.19. The van der Waals surface area contributed by atoms with Crippen molar-refractivity contribution in [3.63, 3.8) is 0 Å².